The van der Waals surface area contributed by atoms with E-state index in [2.05, 4.69) is 27.9 Å². The summed E-state index contributed by atoms with van der Waals surface area (Å²) >= 11 is 6.35. The zero-order valence-corrected chi connectivity index (χ0v) is 15.9. The van der Waals surface area contributed by atoms with E-state index >= 15 is 0 Å². The highest BCUT2D eigenvalue weighted by atomic mass is 35.5. The molecule has 4 nitrogen and oxygen atoms in total. The van der Waals surface area contributed by atoms with Crippen LogP contribution in [0.3, 0.4) is 0 Å². The maximum Gasteiger partial charge on any atom is 0.237 e. The van der Waals surface area contributed by atoms with Crippen molar-refractivity contribution >= 4 is 28.2 Å². The van der Waals surface area contributed by atoms with E-state index in [1.54, 1.807) is 0 Å². The first-order valence-corrected chi connectivity index (χ1v) is 9.54. The Morgan fingerprint density at radius 3 is 2.70 bits per heavy atom. The van der Waals surface area contributed by atoms with Gasteiger partial charge in [0.05, 0.1) is 16.7 Å². The van der Waals surface area contributed by atoms with Crippen molar-refractivity contribution in [2.24, 2.45) is 0 Å². The van der Waals surface area contributed by atoms with Crippen LogP contribution >= 0.6 is 11.6 Å². The maximum atomic E-state index is 13.7. The van der Waals surface area contributed by atoms with Crippen LogP contribution in [0, 0.1) is 24.2 Å². The van der Waals surface area contributed by atoms with Gasteiger partial charge in [0.15, 0.2) is 0 Å². The van der Waals surface area contributed by atoms with Crippen molar-refractivity contribution in [1.82, 2.24) is 9.55 Å². The summed E-state index contributed by atoms with van der Waals surface area (Å²) in [6.45, 7) is 1.94. The highest BCUT2D eigenvalue weighted by Gasteiger charge is 2.22. The Balaban J connectivity index is 2.00. The summed E-state index contributed by atoms with van der Waals surface area (Å²) in [6.07, 6.45) is 9.41. The van der Waals surface area contributed by atoms with Gasteiger partial charge in [-0.25, -0.2) is 4.98 Å². The van der Waals surface area contributed by atoms with Gasteiger partial charge in [-0.1, -0.05) is 30.9 Å². The van der Waals surface area contributed by atoms with E-state index in [0.29, 0.717) is 17.2 Å². The van der Waals surface area contributed by atoms with E-state index in [1.807, 2.05) is 13.0 Å². The molecule has 0 radical (unpaired) electrons. The van der Waals surface area contributed by atoms with E-state index in [-0.39, 0.29) is 10.7 Å². The van der Waals surface area contributed by atoms with Gasteiger partial charge in [0.25, 0.3) is 0 Å². The number of nitriles is 1. The van der Waals surface area contributed by atoms with Crippen LogP contribution in [-0.2, 0) is 0 Å². The zero-order chi connectivity index (χ0) is 19.1. The third-order valence-corrected chi connectivity index (χ3v) is 5.97. The number of aryl methyl sites for hydroxylation is 1. The summed E-state index contributed by atoms with van der Waals surface area (Å²) in [4.78, 5) is 3.75. The predicted octanol–water partition coefficient (Wildman–Crippen LogP) is 5.76. The van der Waals surface area contributed by atoms with Gasteiger partial charge in [0, 0.05) is 40.5 Å². The third kappa shape index (κ3) is 2.94. The number of fused-ring (bicyclic) bond motifs is 1. The number of nitrogens with zero attached hydrogens (tertiary/aromatic N) is 3. The molecule has 0 unspecified atom stereocenters. The van der Waals surface area contributed by atoms with Crippen molar-refractivity contribution in [3.63, 3.8) is 0 Å². The molecule has 1 aliphatic rings. The smallest absolute Gasteiger partial charge is 0.237 e. The number of anilines is 1. The molecule has 1 fully saturated rings. The minimum absolute atomic E-state index is 0.152. The number of nitrogens with two attached hydrogens (primary N) is 1. The van der Waals surface area contributed by atoms with Gasteiger partial charge in [-0.2, -0.15) is 9.65 Å². The first-order valence-electron chi connectivity index (χ1n) is 9.16. The molecule has 1 aromatic carbocycles. The highest BCUT2D eigenvalue weighted by molar-refractivity contribution is 6.36. The van der Waals surface area contributed by atoms with Crippen LogP contribution in [-0.4, -0.2) is 9.55 Å². The van der Waals surface area contributed by atoms with Crippen molar-refractivity contribution in [1.29, 1.82) is 5.26 Å². The lowest BCUT2D eigenvalue weighted by atomic mass is 9.95. The molecule has 0 spiro atoms. The first-order chi connectivity index (χ1) is 13.0. The number of aromatic nitrogens is 2. The average molecular weight is 383 g/mol. The Morgan fingerprint density at radius 1 is 1.26 bits per heavy atom. The first kappa shape index (κ1) is 17.8. The fourth-order valence-electron chi connectivity index (χ4n) is 4.07. The highest BCUT2D eigenvalue weighted by Crippen LogP contribution is 2.41. The van der Waals surface area contributed by atoms with Crippen molar-refractivity contribution in [2.45, 2.75) is 45.1 Å². The monoisotopic (exact) mass is 382 g/mol. The van der Waals surface area contributed by atoms with Crippen LogP contribution in [0.1, 0.15) is 49.3 Å². The average Bonchev–Trinajstić information content (AvgIpc) is 3.04. The second kappa shape index (κ2) is 6.86. The quantitative estimate of drug-likeness (QED) is 0.572. The molecule has 3 aromatic rings. The lowest BCUT2D eigenvalue weighted by Crippen LogP contribution is -2.11. The van der Waals surface area contributed by atoms with Crippen LogP contribution in [0.15, 0.2) is 24.5 Å². The van der Waals surface area contributed by atoms with Gasteiger partial charge in [0.1, 0.15) is 5.69 Å². The summed E-state index contributed by atoms with van der Waals surface area (Å²) in [5, 5.41) is 10.5. The summed E-state index contributed by atoms with van der Waals surface area (Å²) in [6, 6.07) is 6.60. The predicted molar refractivity (Wildman–Crippen MR) is 106 cm³/mol. The van der Waals surface area contributed by atoms with Crippen LogP contribution < -0.4 is 5.73 Å². The lowest BCUT2D eigenvalue weighted by Gasteiger charge is -2.24. The molecular weight excluding hydrogens is 363 g/mol. The minimum Gasteiger partial charge on any atom is -0.394 e. The molecule has 1 saturated carbocycles. The molecule has 4 rings (SSSR count). The maximum absolute atomic E-state index is 13.7. The van der Waals surface area contributed by atoms with E-state index in [4.69, 9.17) is 17.3 Å². The fraction of sp³-hybridized carbons (Fsp3) is 0.333. The molecule has 0 atom stereocenters. The Kier molecular flexibility index (Phi) is 4.53. The topological polar surface area (TPSA) is 67.6 Å². The van der Waals surface area contributed by atoms with Crippen molar-refractivity contribution in [3.05, 3.63) is 46.6 Å². The summed E-state index contributed by atoms with van der Waals surface area (Å²) < 4.78 is 16.0. The van der Waals surface area contributed by atoms with Gasteiger partial charge in [-0.05, 0) is 37.5 Å². The van der Waals surface area contributed by atoms with Crippen LogP contribution in [0.5, 0.6) is 0 Å². The van der Waals surface area contributed by atoms with Crippen LogP contribution in [0.4, 0.5) is 10.1 Å². The largest absolute Gasteiger partial charge is 0.394 e. The molecule has 0 aliphatic heterocycles. The number of halogens is 2. The second-order valence-electron chi connectivity index (χ2n) is 7.23. The van der Waals surface area contributed by atoms with Crippen LogP contribution in [0.2, 0.25) is 5.02 Å². The number of hydrogen-bond acceptors (Lipinski definition) is 3. The summed E-state index contributed by atoms with van der Waals surface area (Å²) in [5.41, 5.74) is 9.65. The number of pyridine rings is 1. The number of nitrogen functional groups attached to an aromatic ring is 1. The Labute approximate surface area is 162 Å². The molecule has 2 aromatic heterocycles. The van der Waals surface area contributed by atoms with Gasteiger partial charge in [-0.15, -0.1) is 0 Å². The molecule has 2 heterocycles. The van der Waals surface area contributed by atoms with Crippen molar-refractivity contribution < 1.29 is 4.39 Å². The number of hydrogen-bond donors (Lipinski definition) is 1. The Bertz CT molecular complexity index is 1070. The number of rotatable bonds is 2. The number of benzene rings is 1. The molecule has 0 bridgehead atoms. The summed E-state index contributed by atoms with van der Waals surface area (Å²) in [7, 11) is 0. The molecule has 138 valence electrons. The third-order valence-electron chi connectivity index (χ3n) is 5.56. The van der Waals surface area contributed by atoms with Gasteiger partial charge in [-0.3, -0.25) is 0 Å². The molecule has 0 amide bonds. The Morgan fingerprint density at radius 2 is 2.00 bits per heavy atom. The zero-order valence-electron chi connectivity index (χ0n) is 15.1. The lowest BCUT2D eigenvalue weighted by molar-refractivity contribution is 0.361. The van der Waals surface area contributed by atoms with E-state index < -0.39 is 5.95 Å². The summed E-state index contributed by atoms with van der Waals surface area (Å²) in [5.74, 6) is -0.770. The molecule has 1 aliphatic carbocycles. The molecular formula is C21H20ClFN4. The second-order valence-corrected chi connectivity index (χ2v) is 7.61. The molecule has 6 heteroatoms. The fourth-order valence-corrected chi connectivity index (χ4v) is 4.30. The van der Waals surface area contributed by atoms with Crippen molar-refractivity contribution in [3.8, 4) is 17.2 Å². The van der Waals surface area contributed by atoms with Gasteiger partial charge in [0.2, 0.25) is 5.95 Å². The van der Waals surface area contributed by atoms with Crippen LogP contribution in [0.25, 0.3) is 22.0 Å². The van der Waals surface area contributed by atoms with E-state index in [0.717, 1.165) is 34.9 Å². The normalized spacial score (nSPS) is 15.2. The standard InChI is InChI=1S/C21H20ClFN4/c1-12-7-18-15(8-13(12)9-24)17(11-27(18)14-5-3-2-4-6-14)16-10-26-21(23)20(25)19(16)22/h7-8,10-11,14H,2-6,25H2,1H3. The van der Waals surface area contributed by atoms with Gasteiger partial charge >= 0.3 is 0 Å². The SMILES string of the molecule is Cc1cc2c(cc1C#N)c(-c1cnc(F)c(N)c1Cl)cn2C1CCCCC1. The molecule has 2 N–H and O–H groups in total. The van der Waals surface area contributed by atoms with Gasteiger partial charge < -0.3 is 10.3 Å². The molecule has 0 saturated heterocycles. The van der Waals surface area contributed by atoms with Crippen molar-refractivity contribution in [2.75, 3.05) is 5.73 Å². The van der Waals surface area contributed by atoms with E-state index in [1.165, 1.54) is 25.5 Å². The molecule has 27 heavy (non-hydrogen) atoms. The van der Waals surface area contributed by atoms with E-state index in [9.17, 15) is 9.65 Å². The minimum atomic E-state index is -0.770. The Hall–Kier alpha value is -2.58.